The van der Waals surface area contributed by atoms with Crippen LogP contribution in [0.3, 0.4) is 0 Å². The van der Waals surface area contributed by atoms with Gasteiger partial charge in [0, 0.05) is 11.3 Å². The van der Waals surface area contributed by atoms with Gasteiger partial charge >= 0.3 is 0 Å². The van der Waals surface area contributed by atoms with Gasteiger partial charge in [-0.2, -0.15) is 0 Å². The highest BCUT2D eigenvalue weighted by molar-refractivity contribution is 7.14. The summed E-state index contributed by atoms with van der Waals surface area (Å²) >= 11 is 1.43. The average Bonchev–Trinajstić information content (AvgIpc) is 2.95. The quantitative estimate of drug-likeness (QED) is 0.927. The lowest BCUT2D eigenvalue weighted by atomic mass is 10.0. The van der Waals surface area contributed by atoms with Crippen molar-refractivity contribution < 1.29 is 9.32 Å². The van der Waals surface area contributed by atoms with Crippen molar-refractivity contribution >= 4 is 22.4 Å². The maximum atomic E-state index is 12.4. The van der Waals surface area contributed by atoms with Crippen molar-refractivity contribution in [1.29, 1.82) is 0 Å². The third-order valence-electron chi connectivity index (χ3n) is 2.97. The molecule has 6 heteroatoms. The van der Waals surface area contributed by atoms with Crippen molar-refractivity contribution in [3.05, 3.63) is 28.1 Å². The third kappa shape index (κ3) is 2.90. The molecule has 0 aromatic carbocycles. The Morgan fingerprint density at radius 2 is 2.00 bits per heavy atom. The molecule has 0 unspecified atom stereocenters. The molecule has 0 aliphatic rings. The van der Waals surface area contributed by atoms with E-state index in [4.69, 9.17) is 4.52 Å². The number of amides is 1. The lowest BCUT2D eigenvalue weighted by Gasteiger charge is -2.04. The monoisotopic (exact) mass is 293 g/mol. The number of nitrogens with zero attached hydrogens (tertiary/aromatic N) is 2. The summed E-state index contributed by atoms with van der Waals surface area (Å²) in [4.78, 5) is 16.8. The summed E-state index contributed by atoms with van der Waals surface area (Å²) in [6.07, 6.45) is 0. The molecule has 0 saturated heterocycles. The van der Waals surface area contributed by atoms with Crippen molar-refractivity contribution in [3.8, 4) is 0 Å². The van der Waals surface area contributed by atoms with Crippen molar-refractivity contribution in [2.45, 2.75) is 46.5 Å². The Kier molecular flexibility index (Phi) is 4.23. The standard InChI is InChI=1S/C14H19N3O2S/c1-7(2)10-6-20-14(15-10)16-13(18)11-9(5)17-19-12(11)8(3)4/h6-8H,1-5H3,(H,15,16,18). The number of aryl methyl sites for hydroxylation is 1. The molecule has 108 valence electrons. The highest BCUT2D eigenvalue weighted by Gasteiger charge is 2.23. The van der Waals surface area contributed by atoms with Gasteiger partial charge in [-0.1, -0.05) is 32.9 Å². The Morgan fingerprint density at radius 1 is 1.30 bits per heavy atom. The van der Waals surface area contributed by atoms with Gasteiger partial charge in [-0.15, -0.1) is 11.3 Å². The molecular formula is C14H19N3O2S. The minimum absolute atomic E-state index is 0.111. The Bertz CT molecular complexity index is 614. The van der Waals surface area contributed by atoms with Crippen LogP contribution in [0, 0.1) is 6.92 Å². The Balaban J connectivity index is 2.21. The van der Waals surface area contributed by atoms with E-state index in [9.17, 15) is 4.79 Å². The molecule has 1 N–H and O–H groups in total. The SMILES string of the molecule is Cc1noc(C(C)C)c1C(=O)Nc1nc(C(C)C)cs1. The van der Waals surface area contributed by atoms with E-state index < -0.39 is 0 Å². The summed E-state index contributed by atoms with van der Waals surface area (Å²) in [5.74, 6) is 0.859. The van der Waals surface area contributed by atoms with Gasteiger partial charge in [0.05, 0.1) is 11.4 Å². The van der Waals surface area contributed by atoms with Crippen LogP contribution in [-0.4, -0.2) is 16.0 Å². The molecule has 0 aliphatic heterocycles. The fraction of sp³-hybridized carbons (Fsp3) is 0.500. The number of nitrogens with one attached hydrogen (secondary N) is 1. The minimum atomic E-state index is -0.211. The zero-order chi connectivity index (χ0) is 14.9. The average molecular weight is 293 g/mol. The topological polar surface area (TPSA) is 68.0 Å². The molecule has 0 radical (unpaired) electrons. The molecule has 0 spiro atoms. The molecule has 1 amide bonds. The van der Waals surface area contributed by atoms with Crippen LogP contribution < -0.4 is 5.32 Å². The van der Waals surface area contributed by atoms with E-state index >= 15 is 0 Å². The Hall–Kier alpha value is -1.69. The molecular weight excluding hydrogens is 274 g/mol. The van der Waals surface area contributed by atoms with E-state index in [1.807, 2.05) is 19.2 Å². The number of aromatic nitrogens is 2. The first-order valence-electron chi connectivity index (χ1n) is 6.63. The van der Waals surface area contributed by atoms with Crippen LogP contribution in [-0.2, 0) is 0 Å². The molecule has 2 heterocycles. The first kappa shape index (κ1) is 14.7. The molecule has 0 bridgehead atoms. The highest BCUT2D eigenvalue weighted by Crippen LogP contribution is 2.25. The lowest BCUT2D eigenvalue weighted by Crippen LogP contribution is -2.14. The molecule has 5 nitrogen and oxygen atoms in total. The first-order valence-corrected chi connectivity index (χ1v) is 7.51. The van der Waals surface area contributed by atoms with E-state index in [2.05, 4.69) is 29.3 Å². The third-order valence-corrected chi connectivity index (χ3v) is 3.75. The number of carbonyl (C=O) groups is 1. The summed E-state index contributed by atoms with van der Waals surface area (Å²) in [5.41, 5.74) is 2.10. The van der Waals surface area contributed by atoms with Gasteiger partial charge in [-0.05, 0) is 12.8 Å². The maximum Gasteiger partial charge on any atom is 0.262 e. The number of hydrogen-bond acceptors (Lipinski definition) is 5. The van der Waals surface area contributed by atoms with Crippen LogP contribution in [0.25, 0.3) is 0 Å². The molecule has 0 aliphatic carbocycles. The fourth-order valence-corrected chi connectivity index (χ4v) is 2.69. The van der Waals surface area contributed by atoms with Gasteiger partial charge in [0.25, 0.3) is 5.91 Å². The van der Waals surface area contributed by atoms with Crippen LogP contribution in [0.2, 0.25) is 0 Å². The summed E-state index contributed by atoms with van der Waals surface area (Å²) in [7, 11) is 0. The number of hydrogen-bond donors (Lipinski definition) is 1. The van der Waals surface area contributed by atoms with Crippen LogP contribution in [0.1, 0.15) is 67.0 Å². The van der Waals surface area contributed by atoms with Gasteiger partial charge in [0.2, 0.25) is 0 Å². The van der Waals surface area contributed by atoms with E-state index in [0.717, 1.165) is 5.69 Å². The molecule has 20 heavy (non-hydrogen) atoms. The van der Waals surface area contributed by atoms with Crippen molar-refractivity contribution in [3.63, 3.8) is 0 Å². The van der Waals surface area contributed by atoms with Gasteiger partial charge in [0.1, 0.15) is 5.56 Å². The van der Waals surface area contributed by atoms with Crippen LogP contribution in [0.4, 0.5) is 5.13 Å². The predicted octanol–water partition coefficient (Wildman–Crippen LogP) is 3.94. The van der Waals surface area contributed by atoms with Crippen LogP contribution >= 0.6 is 11.3 Å². The van der Waals surface area contributed by atoms with Crippen molar-refractivity contribution in [1.82, 2.24) is 10.1 Å². The second-order valence-electron chi connectivity index (χ2n) is 5.35. The highest BCUT2D eigenvalue weighted by atomic mass is 32.1. The Morgan fingerprint density at radius 3 is 2.55 bits per heavy atom. The van der Waals surface area contributed by atoms with Gasteiger partial charge in [-0.25, -0.2) is 4.98 Å². The number of rotatable bonds is 4. The summed E-state index contributed by atoms with van der Waals surface area (Å²) in [6.45, 7) is 9.85. The normalized spacial score (nSPS) is 11.3. The lowest BCUT2D eigenvalue weighted by molar-refractivity contribution is 0.102. The predicted molar refractivity (Wildman–Crippen MR) is 79.5 cm³/mol. The summed E-state index contributed by atoms with van der Waals surface area (Å²) in [6, 6.07) is 0. The van der Waals surface area contributed by atoms with E-state index in [-0.39, 0.29) is 11.8 Å². The molecule has 0 saturated carbocycles. The maximum absolute atomic E-state index is 12.4. The smallest absolute Gasteiger partial charge is 0.262 e. The second kappa shape index (κ2) is 5.75. The minimum Gasteiger partial charge on any atom is -0.360 e. The van der Waals surface area contributed by atoms with E-state index in [1.165, 1.54) is 11.3 Å². The molecule has 2 rings (SSSR count). The molecule has 0 fully saturated rings. The zero-order valence-electron chi connectivity index (χ0n) is 12.4. The van der Waals surface area contributed by atoms with Crippen molar-refractivity contribution in [2.24, 2.45) is 0 Å². The van der Waals surface area contributed by atoms with Gasteiger partial charge < -0.3 is 4.52 Å². The Labute approximate surface area is 122 Å². The van der Waals surface area contributed by atoms with Gasteiger partial charge in [0.15, 0.2) is 10.9 Å². The largest absolute Gasteiger partial charge is 0.360 e. The van der Waals surface area contributed by atoms with E-state index in [1.54, 1.807) is 6.92 Å². The molecule has 0 atom stereocenters. The molecule has 2 aromatic heterocycles. The molecule has 2 aromatic rings. The number of carbonyl (C=O) groups excluding carboxylic acids is 1. The zero-order valence-corrected chi connectivity index (χ0v) is 13.2. The van der Waals surface area contributed by atoms with Crippen LogP contribution in [0.5, 0.6) is 0 Å². The number of thiazole rings is 1. The van der Waals surface area contributed by atoms with Crippen molar-refractivity contribution in [2.75, 3.05) is 5.32 Å². The first-order chi connectivity index (χ1) is 9.40. The van der Waals surface area contributed by atoms with E-state index in [0.29, 0.717) is 28.1 Å². The van der Waals surface area contributed by atoms with Gasteiger partial charge in [-0.3, -0.25) is 10.1 Å². The summed E-state index contributed by atoms with van der Waals surface area (Å²) < 4.78 is 5.23. The number of anilines is 1. The second-order valence-corrected chi connectivity index (χ2v) is 6.21. The van der Waals surface area contributed by atoms with Crippen LogP contribution in [0.15, 0.2) is 9.90 Å². The fourth-order valence-electron chi connectivity index (χ4n) is 1.83. The summed E-state index contributed by atoms with van der Waals surface area (Å²) in [5, 5.41) is 9.27.